The van der Waals surface area contributed by atoms with E-state index in [-0.39, 0.29) is 0 Å². The highest BCUT2D eigenvalue weighted by Gasteiger charge is 2.23. The molecule has 0 bridgehead atoms. The number of aryl methyl sites for hydroxylation is 2. The molecule has 174 valence electrons. The molecule has 0 aromatic carbocycles. The number of amides is 2. The van der Waals surface area contributed by atoms with Crippen molar-refractivity contribution in [1.82, 2.24) is 19.6 Å². The van der Waals surface area contributed by atoms with E-state index in [1.165, 1.54) is 4.90 Å². The molecule has 0 aliphatic rings. The van der Waals surface area contributed by atoms with E-state index in [0.717, 1.165) is 8.95 Å². The molecule has 0 unspecified atom stereocenters. The highest BCUT2D eigenvalue weighted by molar-refractivity contribution is 9.11. The number of nitrogens with one attached hydrogen (secondary N) is 1. The number of hydrogen-bond donors (Lipinski definition) is 1. The van der Waals surface area contributed by atoms with Gasteiger partial charge in [0.1, 0.15) is 11.2 Å². The standard InChI is InChI=1S/C10H16BrN3O2.C9H14BrN3O2/c1-10(2,3)16-9(15)14(5)8-7(11)6-13(4)12-8;1-9(2,3)15-8(14)11-7-6(10)5-13(4)12-7/h6H,1-5H3;5H,1-4H3,(H,11,12,14). The summed E-state index contributed by atoms with van der Waals surface area (Å²) < 4.78 is 15.0. The number of carbonyl (C=O) groups is 2. The molecule has 2 aromatic heterocycles. The highest BCUT2D eigenvalue weighted by atomic mass is 79.9. The predicted molar refractivity (Wildman–Crippen MR) is 126 cm³/mol. The summed E-state index contributed by atoms with van der Waals surface area (Å²) in [7, 11) is 5.18. The largest absolute Gasteiger partial charge is 0.444 e. The van der Waals surface area contributed by atoms with Crippen molar-refractivity contribution in [1.29, 1.82) is 0 Å². The zero-order chi connectivity index (χ0) is 24.1. The van der Waals surface area contributed by atoms with Crippen LogP contribution in [0, 0.1) is 0 Å². The normalized spacial score (nSPS) is 11.3. The molecule has 0 aliphatic carbocycles. The second-order valence-corrected chi connectivity index (χ2v) is 10.3. The molecule has 0 saturated carbocycles. The minimum Gasteiger partial charge on any atom is -0.444 e. The summed E-state index contributed by atoms with van der Waals surface area (Å²) in [6.45, 7) is 10.9. The van der Waals surface area contributed by atoms with Crippen molar-refractivity contribution in [2.75, 3.05) is 17.3 Å². The molecule has 10 nitrogen and oxygen atoms in total. The van der Waals surface area contributed by atoms with Gasteiger partial charge < -0.3 is 9.47 Å². The number of hydrogen-bond acceptors (Lipinski definition) is 6. The molecule has 31 heavy (non-hydrogen) atoms. The van der Waals surface area contributed by atoms with Crippen molar-refractivity contribution >= 4 is 55.7 Å². The van der Waals surface area contributed by atoms with Crippen molar-refractivity contribution in [2.45, 2.75) is 52.7 Å². The van der Waals surface area contributed by atoms with Gasteiger partial charge in [-0.1, -0.05) is 0 Å². The molecule has 1 N–H and O–H groups in total. The Hall–Kier alpha value is -2.08. The molecule has 0 saturated heterocycles. The molecule has 0 fully saturated rings. The first-order chi connectivity index (χ1) is 14.0. The molecular weight excluding hydrogens is 536 g/mol. The van der Waals surface area contributed by atoms with E-state index in [4.69, 9.17) is 9.47 Å². The summed E-state index contributed by atoms with van der Waals surface area (Å²) in [5, 5.41) is 10.7. The van der Waals surface area contributed by atoms with Crippen LogP contribution in [0.4, 0.5) is 21.2 Å². The van der Waals surface area contributed by atoms with Gasteiger partial charge >= 0.3 is 12.2 Å². The Morgan fingerprint density at radius 1 is 0.935 bits per heavy atom. The third-order valence-corrected chi connectivity index (χ3v) is 4.29. The van der Waals surface area contributed by atoms with Gasteiger partial charge in [0, 0.05) is 33.5 Å². The fraction of sp³-hybridized carbons (Fsp3) is 0.579. The van der Waals surface area contributed by atoms with Gasteiger partial charge in [-0.2, -0.15) is 10.2 Å². The maximum Gasteiger partial charge on any atom is 0.415 e. The van der Waals surface area contributed by atoms with E-state index in [1.54, 1.807) is 63.7 Å². The van der Waals surface area contributed by atoms with Crippen molar-refractivity contribution in [3.05, 3.63) is 21.3 Å². The van der Waals surface area contributed by atoms with Crippen LogP contribution in [-0.4, -0.2) is 50.0 Å². The van der Waals surface area contributed by atoms with Crippen LogP contribution in [-0.2, 0) is 23.6 Å². The number of carbonyl (C=O) groups excluding carboxylic acids is 2. The number of nitrogens with zero attached hydrogens (tertiary/aromatic N) is 5. The fourth-order valence-corrected chi connectivity index (χ4v) is 3.15. The summed E-state index contributed by atoms with van der Waals surface area (Å²) >= 11 is 6.60. The Morgan fingerprint density at radius 3 is 1.81 bits per heavy atom. The van der Waals surface area contributed by atoms with E-state index in [9.17, 15) is 9.59 Å². The first kappa shape index (κ1) is 27.0. The third kappa shape index (κ3) is 9.72. The maximum atomic E-state index is 11.8. The van der Waals surface area contributed by atoms with Gasteiger partial charge in [-0.15, -0.1) is 0 Å². The van der Waals surface area contributed by atoms with Crippen LogP contribution in [0.2, 0.25) is 0 Å². The average molecular weight is 566 g/mol. The summed E-state index contributed by atoms with van der Waals surface area (Å²) in [6, 6.07) is 0. The number of rotatable bonds is 2. The SMILES string of the molecule is CN(C(=O)OC(C)(C)C)c1nn(C)cc1Br.Cn1cc(Br)c(NC(=O)OC(C)(C)C)n1. The van der Waals surface area contributed by atoms with E-state index in [1.807, 2.05) is 20.8 Å². The zero-order valence-electron chi connectivity index (χ0n) is 19.3. The van der Waals surface area contributed by atoms with Gasteiger partial charge in [0.05, 0.1) is 8.95 Å². The van der Waals surface area contributed by atoms with Crippen molar-refractivity contribution < 1.29 is 19.1 Å². The predicted octanol–water partition coefficient (Wildman–Crippen LogP) is 5.08. The molecule has 2 rings (SSSR count). The molecule has 2 heterocycles. The fourth-order valence-electron chi connectivity index (χ4n) is 2.04. The molecule has 0 atom stereocenters. The molecular formula is C19H30Br2N6O4. The molecule has 2 aromatic rings. The molecule has 12 heteroatoms. The smallest absolute Gasteiger partial charge is 0.415 e. The van der Waals surface area contributed by atoms with E-state index < -0.39 is 23.4 Å². The Morgan fingerprint density at radius 2 is 1.42 bits per heavy atom. The highest BCUT2D eigenvalue weighted by Crippen LogP contribution is 2.24. The van der Waals surface area contributed by atoms with Gasteiger partial charge in [-0.05, 0) is 73.4 Å². The monoisotopic (exact) mass is 564 g/mol. The lowest BCUT2D eigenvalue weighted by Gasteiger charge is -2.23. The van der Waals surface area contributed by atoms with Crippen LogP contribution in [0.15, 0.2) is 21.3 Å². The Bertz CT molecular complexity index is 912. The topological polar surface area (TPSA) is 104 Å². The maximum absolute atomic E-state index is 11.8. The third-order valence-electron chi connectivity index (χ3n) is 3.15. The van der Waals surface area contributed by atoms with E-state index in [2.05, 4.69) is 47.4 Å². The Labute approximate surface area is 199 Å². The van der Waals surface area contributed by atoms with Crippen LogP contribution < -0.4 is 10.2 Å². The van der Waals surface area contributed by atoms with Crippen molar-refractivity contribution in [3.8, 4) is 0 Å². The summed E-state index contributed by atoms with van der Waals surface area (Å²) in [5.41, 5.74) is -1.02. The van der Waals surface area contributed by atoms with Gasteiger partial charge in [-0.25, -0.2) is 9.59 Å². The Balaban J connectivity index is 0.000000311. The first-order valence-electron chi connectivity index (χ1n) is 9.33. The molecule has 0 aliphatic heterocycles. The molecule has 0 spiro atoms. The van der Waals surface area contributed by atoms with E-state index in [0.29, 0.717) is 11.6 Å². The average Bonchev–Trinajstić information content (AvgIpc) is 3.04. The lowest BCUT2D eigenvalue weighted by molar-refractivity contribution is 0.0585. The number of anilines is 2. The van der Waals surface area contributed by atoms with Crippen molar-refractivity contribution in [2.24, 2.45) is 14.1 Å². The Kier molecular flexibility index (Phi) is 9.12. The second kappa shape index (κ2) is 10.5. The zero-order valence-corrected chi connectivity index (χ0v) is 22.5. The second-order valence-electron chi connectivity index (χ2n) is 8.64. The number of aromatic nitrogens is 4. The lowest BCUT2D eigenvalue weighted by atomic mass is 10.2. The van der Waals surface area contributed by atoms with Crippen LogP contribution >= 0.6 is 31.9 Å². The number of ether oxygens (including phenoxy) is 2. The minimum absolute atomic E-state index is 0.424. The van der Waals surface area contributed by atoms with Crippen LogP contribution in [0.1, 0.15) is 41.5 Å². The van der Waals surface area contributed by atoms with Crippen LogP contribution in [0.3, 0.4) is 0 Å². The van der Waals surface area contributed by atoms with Gasteiger partial charge in [0.25, 0.3) is 0 Å². The quantitative estimate of drug-likeness (QED) is 0.544. The van der Waals surface area contributed by atoms with Crippen molar-refractivity contribution in [3.63, 3.8) is 0 Å². The summed E-state index contributed by atoms with van der Waals surface area (Å²) in [5.74, 6) is 0.989. The van der Waals surface area contributed by atoms with Gasteiger partial charge in [0.2, 0.25) is 0 Å². The lowest BCUT2D eigenvalue weighted by Crippen LogP contribution is -2.34. The molecule has 2 amide bonds. The van der Waals surface area contributed by atoms with Crippen LogP contribution in [0.5, 0.6) is 0 Å². The van der Waals surface area contributed by atoms with Crippen LogP contribution in [0.25, 0.3) is 0 Å². The molecule has 0 radical (unpaired) electrons. The first-order valence-corrected chi connectivity index (χ1v) is 10.9. The summed E-state index contributed by atoms with van der Waals surface area (Å²) in [6.07, 6.45) is 2.58. The van der Waals surface area contributed by atoms with E-state index >= 15 is 0 Å². The van der Waals surface area contributed by atoms with Gasteiger partial charge in [0.15, 0.2) is 11.6 Å². The minimum atomic E-state index is -0.512. The summed E-state index contributed by atoms with van der Waals surface area (Å²) in [4.78, 5) is 24.5. The number of halogens is 2. The van der Waals surface area contributed by atoms with Gasteiger partial charge in [-0.3, -0.25) is 19.6 Å².